The molecule has 2 aromatic carbocycles. The highest BCUT2D eigenvalue weighted by Gasteiger charge is 2.17. The number of unbranched alkanes of at least 4 members (excludes halogenated alkanes) is 1. The van der Waals surface area contributed by atoms with Crippen molar-refractivity contribution in [3.8, 4) is 5.75 Å². The maximum Gasteiger partial charge on any atom is 0.265 e. The highest BCUT2D eigenvalue weighted by atomic mass is 35.5. The summed E-state index contributed by atoms with van der Waals surface area (Å²) in [4.78, 5) is 24.4. The van der Waals surface area contributed by atoms with Gasteiger partial charge >= 0.3 is 0 Å². The number of hydrogen-bond donors (Lipinski definition) is 2. The van der Waals surface area contributed by atoms with Crippen LogP contribution in [-0.4, -0.2) is 17.9 Å². The SMILES string of the molecule is CCCCC(=O)Nc1ccccc1OC(C)C(=O)Nc1cc(Cl)cc(Cl)c1. The number of carbonyl (C=O) groups is 2. The molecule has 0 saturated carbocycles. The summed E-state index contributed by atoms with van der Waals surface area (Å²) < 4.78 is 5.75. The Morgan fingerprint density at radius 2 is 1.74 bits per heavy atom. The minimum Gasteiger partial charge on any atom is -0.479 e. The van der Waals surface area contributed by atoms with Crippen LogP contribution in [0.5, 0.6) is 5.75 Å². The molecule has 1 atom stereocenters. The van der Waals surface area contributed by atoms with Crippen molar-refractivity contribution in [3.05, 3.63) is 52.5 Å². The van der Waals surface area contributed by atoms with Gasteiger partial charge in [-0.2, -0.15) is 0 Å². The third kappa shape index (κ3) is 6.77. The first-order valence-corrected chi connectivity index (χ1v) is 9.47. The summed E-state index contributed by atoms with van der Waals surface area (Å²) >= 11 is 11.9. The molecule has 7 heteroatoms. The van der Waals surface area contributed by atoms with Crippen molar-refractivity contribution >= 4 is 46.4 Å². The highest BCUT2D eigenvalue weighted by Crippen LogP contribution is 2.26. The van der Waals surface area contributed by atoms with Gasteiger partial charge in [0.25, 0.3) is 5.91 Å². The van der Waals surface area contributed by atoms with Gasteiger partial charge in [0.2, 0.25) is 5.91 Å². The Kier molecular flexibility index (Phi) is 7.95. The van der Waals surface area contributed by atoms with E-state index in [0.717, 1.165) is 12.8 Å². The molecular formula is C20H22Cl2N2O3. The maximum absolute atomic E-state index is 12.4. The van der Waals surface area contributed by atoms with Crippen LogP contribution in [0, 0.1) is 0 Å². The van der Waals surface area contributed by atoms with E-state index in [9.17, 15) is 9.59 Å². The predicted molar refractivity (Wildman–Crippen MR) is 110 cm³/mol. The highest BCUT2D eigenvalue weighted by molar-refractivity contribution is 6.35. The molecule has 5 nitrogen and oxygen atoms in total. The number of carbonyl (C=O) groups excluding carboxylic acids is 2. The van der Waals surface area contributed by atoms with Gasteiger partial charge in [-0.05, 0) is 43.7 Å². The van der Waals surface area contributed by atoms with Gasteiger partial charge in [0, 0.05) is 22.2 Å². The van der Waals surface area contributed by atoms with E-state index >= 15 is 0 Å². The second kappa shape index (κ2) is 10.2. The lowest BCUT2D eigenvalue weighted by Gasteiger charge is -2.18. The second-order valence-electron chi connectivity index (χ2n) is 6.06. The molecule has 144 valence electrons. The molecular weight excluding hydrogens is 387 g/mol. The molecule has 0 spiro atoms. The molecule has 0 aromatic heterocycles. The molecule has 2 rings (SSSR count). The van der Waals surface area contributed by atoms with Crippen LogP contribution in [0.2, 0.25) is 10.0 Å². The van der Waals surface area contributed by atoms with Crippen LogP contribution >= 0.6 is 23.2 Å². The minimum absolute atomic E-state index is 0.0847. The summed E-state index contributed by atoms with van der Waals surface area (Å²) in [5, 5.41) is 6.38. The Morgan fingerprint density at radius 3 is 2.41 bits per heavy atom. The van der Waals surface area contributed by atoms with E-state index in [1.54, 1.807) is 49.4 Å². The van der Waals surface area contributed by atoms with Crippen LogP contribution in [0.25, 0.3) is 0 Å². The molecule has 0 fully saturated rings. The van der Waals surface area contributed by atoms with Crippen LogP contribution in [0.3, 0.4) is 0 Å². The van der Waals surface area contributed by atoms with Crippen LogP contribution in [0.15, 0.2) is 42.5 Å². The number of benzene rings is 2. The third-order valence-corrected chi connectivity index (χ3v) is 4.16. The Hall–Kier alpha value is -2.24. The molecule has 2 amide bonds. The average Bonchev–Trinajstić information content (AvgIpc) is 2.60. The largest absolute Gasteiger partial charge is 0.479 e. The summed E-state index contributed by atoms with van der Waals surface area (Å²) in [7, 11) is 0. The van der Waals surface area contributed by atoms with Crippen molar-refractivity contribution in [1.82, 2.24) is 0 Å². The number of hydrogen-bond acceptors (Lipinski definition) is 3. The number of ether oxygens (including phenoxy) is 1. The van der Waals surface area contributed by atoms with Crippen molar-refractivity contribution in [3.63, 3.8) is 0 Å². The monoisotopic (exact) mass is 408 g/mol. The van der Waals surface area contributed by atoms with Gasteiger partial charge in [-0.1, -0.05) is 48.7 Å². The molecule has 27 heavy (non-hydrogen) atoms. The van der Waals surface area contributed by atoms with Gasteiger partial charge in [-0.15, -0.1) is 0 Å². The first-order valence-electron chi connectivity index (χ1n) is 8.71. The number of para-hydroxylation sites is 2. The molecule has 0 aliphatic carbocycles. The fraction of sp³-hybridized carbons (Fsp3) is 0.300. The lowest BCUT2D eigenvalue weighted by atomic mass is 10.2. The van der Waals surface area contributed by atoms with E-state index in [1.807, 2.05) is 6.92 Å². The fourth-order valence-electron chi connectivity index (χ4n) is 2.34. The fourth-order valence-corrected chi connectivity index (χ4v) is 2.86. The molecule has 0 radical (unpaired) electrons. The van der Waals surface area contributed by atoms with Crippen molar-refractivity contribution in [2.75, 3.05) is 10.6 Å². The first-order chi connectivity index (χ1) is 12.9. The van der Waals surface area contributed by atoms with Gasteiger partial charge in [0.05, 0.1) is 5.69 Å². The topological polar surface area (TPSA) is 67.4 Å². The Bertz CT molecular complexity index is 791. The van der Waals surface area contributed by atoms with Crippen molar-refractivity contribution in [2.45, 2.75) is 39.2 Å². The zero-order chi connectivity index (χ0) is 19.8. The van der Waals surface area contributed by atoms with Gasteiger partial charge < -0.3 is 15.4 Å². The molecule has 2 N–H and O–H groups in total. The third-order valence-electron chi connectivity index (χ3n) is 3.72. The summed E-state index contributed by atoms with van der Waals surface area (Å²) in [5.74, 6) is -0.0202. The van der Waals surface area contributed by atoms with Crippen molar-refractivity contribution in [1.29, 1.82) is 0 Å². The molecule has 1 unspecified atom stereocenters. The lowest BCUT2D eigenvalue weighted by Crippen LogP contribution is -2.30. The Balaban J connectivity index is 2.03. The van der Waals surface area contributed by atoms with Crippen molar-refractivity contribution in [2.24, 2.45) is 0 Å². The van der Waals surface area contributed by atoms with E-state index in [4.69, 9.17) is 27.9 Å². The molecule has 0 saturated heterocycles. The van der Waals surface area contributed by atoms with E-state index in [1.165, 1.54) is 0 Å². The van der Waals surface area contributed by atoms with Crippen molar-refractivity contribution < 1.29 is 14.3 Å². The second-order valence-corrected chi connectivity index (χ2v) is 6.93. The zero-order valence-corrected chi connectivity index (χ0v) is 16.7. The predicted octanol–water partition coefficient (Wildman–Crippen LogP) is 5.53. The molecule has 0 aliphatic rings. The summed E-state index contributed by atoms with van der Waals surface area (Å²) in [5.41, 5.74) is 1.01. The standard InChI is InChI=1S/C20H22Cl2N2O3/c1-3-4-9-19(25)24-17-7-5-6-8-18(17)27-13(2)20(26)23-16-11-14(21)10-15(22)12-16/h5-8,10-13H,3-4,9H2,1-2H3,(H,23,26)(H,24,25). The van der Waals surface area contributed by atoms with Crippen LogP contribution in [0.1, 0.15) is 33.1 Å². The number of anilines is 2. The van der Waals surface area contributed by atoms with Crippen LogP contribution < -0.4 is 15.4 Å². The average molecular weight is 409 g/mol. The Labute approximate surface area is 169 Å². The van der Waals surface area contributed by atoms with Crippen LogP contribution in [0.4, 0.5) is 11.4 Å². The van der Waals surface area contributed by atoms with E-state index in [-0.39, 0.29) is 11.8 Å². The van der Waals surface area contributed by atoms with Gasteiger partial charge in [-0.25, -0.2) is 0 Å². The quantitative estimate of drug-likeness (QED) is 0.603. The van der Waals surface area contributed by atoms with Gasteiger partial charge in [0.1, 0.15) is 5.75 Å². The smallest absolute Gasteiger partial charge is 0.265 e. The molecule has 0 bridgehead atoms. The summed E-state index contributed by atoms with van der Waals surface area (Å²) in [6, 6.07) is 11.8. The minimum atomic E-state index is -0.795. The Morgan fingerprint density at radius 1 is 1.07 bits per heavy atom. The number of halogens is 2. The number of nitrogens with one attached hydrogen (secondary N) is 2. The van der Waals surface area contributed by atoms with E-state index in [0.29, 0.717) is 33.6 Å². The van der Waals surface area contributed by atoms with E-state index in [2.05, 4.69) is 10.6 Å². The first kappa shape index (κ1) is 21.1. The summed E-state index contributed by atoms with van der Waals surface area (Å²) in [6.07, 6.45) is 1.40. The summed E-state index contributed by atoms with van der Waals surface area (Å²) in [6.45, 7) is 3.65. The zero-order valence-electron chi connectivity index (χ0n) is 15.2. The normalized spacial score (nSPS) is 11.6. The number of rotatable bonds is 8. The van der Waals surface area contributed by atoms with Gasteiger partial charge in [-0.3, -0.25) is 9.59 Å². The lowest BCUT2D eigenvalue weighted by molar-refractivity contribution is -0.122. The molecule has 2 aromatic rings. The van der Waals surface area contributed by atoms with Gasteiger partial charge in [0.15, 0.2) is 6.10 Å². The molecule has 0 heterocycles. The number of amides is 2. The van der Waals surface area contributed by atoms with E-state index < -0.39 is 6.10 Å². The molecule has 0 aliphatic heterocycles. The maximum atomic E-state index is 12.4. The van der Waals surface area contributed by atoms with Crippen LogP contribution in [-0.2, 0) is 9.59 Å².